The Balaban J connectivity index is 1.78. The van der Waals surface area contributed by atoms with Crippen molar-refractivity contribution >= 4 is 58.5 Å². The minimum absolute atomic E-state index is 0.0418. The molecule has 0 unspecified atom stereocenters. The third-order valence-electron chi connectivity index (χ3n) is 5.65. The Morgan fingerprint density at radius 1 is 1.06 bits per heavy atom. The molecule has 2 N–H and O–H groups in total. The average Bonchev–Trinajstić information content (AvgIpc) is 3.05. The van der Waals surface area contributed by atoms with Crippen LogP contribution in [-0.2, 0) is 9.59 Å². The molecule has 2 aromatic carbocycles. The number of carbonyl (C=O) groups is 3. The van der Waals surface area contributed by atoms with Gasteiger partial charge in [-0.2, -0.15) is 0 Å². The Bertz CT molecular complexity index is 1420. The molecule has 7 nitrogen and oxygen atoms in total. The predicted molar refractivity (Wildman–Crippen MR) is 135 cm³/mol. The van der Waals surface area contributed by atoms with Crippen molar-refractivity contribution in [2.75, 3.05) is 4.90 Å². The Morgan fingerprint density at radius 3 is 2.41 bits per heavy atom. The number of hydrogen-bond acceptors (Lipinski definition) is 4. The number of carboxylic acid groups (broad SMARTS) is 1. The number of aryl methyl sites for hydroxylation is 2. The molecule has 0 bridgehead atoms. The highest BCUT2D eigenvalue weighted by Crippen LogP contribution is 2.30. The molecule has 0 aliphatic carbocycles. The van der Waals surface area contributed by atoms with E-state index < -0.39 is 17.8 Å². The number of nitrogens with one attached hydrogen (secondary N) is 1. The summed E-state index contributed by atoms with van der Waals surface area (Å²) in [5.41, 5.74) is 4.41. The van der Waals surface area contributed by atoms with E-state index >= 15 is 0 Å². The van der Waals surface area contributed by atoms with Crippen LogP contribution in [0, 0.1) is 20.8 Å². The van der Waals surface area contributed by atoms with Gasteiger partial charge in [0.1, 0.15) is 5.57 Å². The minimum Gasteiger partial charge on any atom is -0.478 e. The third-order valence-corrected chi connectivity index (χ3v) is 6.25. The first-order valence-electron chi connectivity index (χ1n) is 10.3. The van der Waals surface area contributed by atoms with E-state index in [0.29, 0.717) is 16.3 Å². The number of aromatic nitrogens is 1. The number of carbonyl (C=O) groups excluding carboxylic acids is 2. The lowest BCUT2D eigenvalue weighted by Crippen LogP contribution is -2.54. The van der Waals surface area contributed by atoms with Crippen LogP contribution in [0.1, 0.15) is 32.9 Å². The zero-order valence-electron chi connectivity index (χ0n) is 18.5. The molecular weight excluding hydrogens is 474 g/mol. The van der Waals surface area contributed by atoms with Crippen molar-refractivity contribution in [3.05, 3.63) is 87.2 Å². The largest absolute Gasteiger partial charge is 0.478 e. The van der Waals surface area contributed by atoms with Gasteiger partial charge in [-0.15, -0.1) is 0 Å². The highest BCUT2D eigenvalue weighted by molar-refractivity contribution is 7.80. The topological polar surface area (TPSA) is 91.6 Å². The highest BCUT2D eigenvalue weighted by Gasteiger charge is 2.35. The Morgan fingerprint density at radius 2 is 1.76 bits per heavy atom. The molecule has 34 heavy (non-hydrogen) atoms. The molecule has 0 radical (unpaired) electrons. The SMILES string of the molecule is Cc1cc(C(=O)O)ccc1-n1c(C)cc(/C=C2\C(=O)NC(=S)N(c3ccccc3Cl)C2=O)c1C. The number of thiocarbonyl (C=S) groups is 1. The maximum atomic E-state index is 13.3. The first kappa shape index (κ1) is 23.4. The Kier molecular flexibility index (Phi) is 6.12. The van der Waals surface area contributed by atoms with E-state index in [4.69, 9.17) is 23.8 Å². The summed E-state index contributed by atoms with van der Waals surface area (Å²) in [5, 5.41) is 12.1. The molecule has 2 amide bonds. The molecule has 1 fully saturated rings. The van der Waals surface area contributed by atoms with Gasteiger partial charge in [0.2, 0.25) is 0 Å². The van der Waals surface area contributed by atoms with Gasteiger partial charge in [0.25, 0.3) is 11.8 Å². The van der Waals surface area contributed by atoms with Crippen LogP contribution in [-0.4, -0.2) is 32.6 Å². The van der Waals surface area contributed by atoms with Gasteiger partial charge in [-0.05, 0) is 86.6 Å². The van der Waals surface area contributed by atoms with Crippen LogP contribution in [0.2, 0.25) is 5.02 Å². The summed E-state index contributed by atoms with van der Waals surface area (Å²) in [5.74, 6) is -2.16. The van der Waals surface area contributed by atoms with Crippen LogP contribution in [0.5, 0.6) is 0 Å². The van der Waals surface area contributed by atoms with Gasteiger partial charge >= 0.3 is 5.97 Å². The molecular formula is C25H20ClN3O4S. The van der Waals surface area contributed by atoms with Crippen molar-refractivity contribution in [1.29, 1.82) is 0 Å². The van der Waals surface area contributed by atoms with Crippen molar-refractivity contribution in [1.82, 2.24) is 9.88 Å². The van der Waals surface area contributed by atoms with Crippen molar-refractivity contribution in [3.8, 4) is 5.69 Å². The average molecular weight is 494 g/mol. The fourth-order valence-electron chi connectivity index (χ4n) is 4.01. The maximum Gasteiger partial charge on any atom is 0.335 e. The standard InChI is InChI=1S/C25H20ClN3O4S/c1-13-10-16(24(32)33)8-9-20(13)28-14(2)11-17(15(28)3)12-18-22(30)27-25(34)29(23(18)31)21-7-5-4-6-19(21)26/h4-12H,1-3H3,(H,32,33)(H,27,30,34)/b18-12+. The lowest BCUT2D eigenvalue weighted by Gasteiger charge is -2.29. The Labute approximate surface area is 206 Å². The maximum absolute atomic E-state index is 13.3. The second-order valence-electron chi connectivity index (χ2n) is 7.88. The van der Waals surface area contributed by atoms with Crippen molar-refractivity contribution in [3.63, 3.8) is 0 Å². The molecule has 0 spiro atoms. The number of aromatic carboxylic acids is 1. The van der Waals surface area contributed by atoms with Crippen molar-refractivity contribution < 1.29 is 19.5 Å². The zero-order chi connectivity index (χ0) is 24.7. The van der Waals surface area contributed by atoms with Gasteiger partial charge in [-0.3, -0.25) is 19.8 Å². The van der Waals surface area contributed by atoms with Gasteiger partial charge in [0.05, 0.1) is 16.3 Å². The van der Waals surface area contributed by atoms with Gasteiger partial charge in [0.15, 0.2) is 5.11 Å². The van der Waals surface area contributed by atoms with E-state index in [9.17, 15) is 19.5 Å². The summed E-state index contributed by atoms with van der Waals surface area (Å²) in [6.45, 7) is 5.60. The summed E-state index contributed by atoms with van der Waals surface area (Å²) in [6, 6.07) is 13.5. The molecule has 1 aliphatic rings. The highest BCUT2D eigenvalue weighted by atomic mass is 35.5. The van der Waals surface area contributed by atoms with Gasteiger partial charge in [-0.25, -0.2) is 4.79 Å². The molecule has 1 saturated heterocycles. The van der Waals surface area contributed by atoms with E-state index in [1.807, 2.05) is 31.4 Å². The van der Waals surface area contributed by atoms with Crippen LogP contribution in [0.15, 0.2) is 54.1 Å². The molecule has 1 aliphatic heterocycles. The number of amides is 2. The summed E-state index contributed by atoms with van der Waals surface area (Å²) >= 11 is 11.5. The van der Waals surface area contributed by atoms with E-state index in [2.05, 4.69) is 5.32 Å². The van der Waals surface area contributed by atoms with Crippen LogP contribution in [0.4, 0.5) is 5.69 Å². The molecule has 0 atom stereocenters. The second-order valence-corrected chi connectivity index (χ2v) is 8.67. The van der Waals surface area contributed by atoms with Crippen molar-refractivity contribution in [2.24, 2.45) is 0 Å². The molecule has 0 saturated carbocycles. The quantitative estimate of drug-likeness (QED) is 0.315. The molecule has 2 heterocycles. The number of halogens is 1. The van der Waals surface area contributed by atoms with Crippen LogP contribution < -0.4 is 10.2 Å². The summed E-state index contributed by atoms with van der Waals surface area (Å²) < 4.78 is 1.95. The van der Waals surface area contributed by atoms with Crippen LogP contribution in [0.3, 0.4) is 0 Å². The number of rotatable bonds is 4. The van der Waals surface area contributed by atoms with E-state index in [0.717, 1.165) is 22.6 Å². The van der Waals surface area contributed by atoms with E-state index in [1.165, 1.54) is 11.0 Å². The van der Waals surface area contributed by atoms with E-state index in [-0.39, 0.29) is 16.2 Å². The lowest BCUT2D eigenvalue weighted by atomic mass is 10.1. The molecule has 172 valence electrons. The second kappa shape index (κ2) is 8.89. The third kappa shape index (κ3) is 4.02. The summed E-state index contributed by atoms with van der Waals surface area (Å²) in [6.07, 6.45) is 1.53. The predicted octanol–water partition coefficient (Wildman–Crippen LogP) is 4.59. The van der Waals surface area contributed by atoms with Gasteiger partial charge in [-0.1, -0.05) is 23.7 Å². The molecule has 3 aromatic rings. The first-order chi connectivity index (χ1) is 16.1. The first-order valence-corrected chi connectivity index (χ1v) is 11.1. The number of nitrogens with zero attached hydrogens (tertiary/aromatic N) is 2. The van der Waals surface area contributed by atoms with Crippen molar-refractivity contribution in [2.45, 2.75) is 20.8 Å². The molecule has 9 heteroatoms. The van der Waals surface area contributed by atoms with Gasteiger partial charge < -0.3 is 9.67 Å². The lowest BCUT2D eigenvalue weighted by molar-refractivity contribution is -0.122. The number of hydrogen-bond donors (Lipinski definition) is 2. The fourth-order valence-corrected chi connectivity index (χ4v) is 4.50. The van der Waals surface area contributed by atoms with Crippen LogP contribution in [0.25, 0.3) is 11.8 Å². The normalized spacial score (nSPS) is 15.1. The smallest absolute Gasteiger partial charge is 0.335 e. The zero-order valence-corrected chi connectivity index (χ0v) is 20.1. The monoisotopic (exact) mass is 493 g/mol. The summed E-state index contributed by atoms with van der Waals surface area (Å²) in [7, 11) is 0. The van der Waals surface area contributed by atoms with Gasteiger partial charge in [0, 0.05) is 17.1 Å². The molecule has 4 rings (SSSR count). The fraction of sp³-hybridized carbons (Fsp3) is 0.120. The van der Waals surface area contributed by atoms with E-state index in [1.54, 1.807) is 42.5 Å². The number of carboxylic acids is 1. The minimum atomic E-state index is -0.996. The number of para-hydroxylation sites is 1. The number of anilines is 1. The number of benzene rings is 2. The summed E-state index contributed by atoms with van der Waals surface area (Å²) in [4.78, 5) is 38.5. The van der Waals surface area contributed by atoms with Crippen LogP contribution >= 0.6 is 23.8 Å². The Hall–Kier alpha value is -3.75. The molecule has 1 aromatic heterocycles.